The molecule has 0 bridgehead atoms. The van der Waals surface area contributed by atoms with Crippen molar-refractivity contribution in [1.82, 2.24) is 4.57 Å². The van der Waals surface area contributed by atoms with Gasteiger partial charge in [-0.1, -0.05) is 30.4 Å². The highest BCUT2D eigenvalue weighted by Gasteiger charge is 2.34. The van der Waals surface area contributed by atoms with Crippen molar-refractivity contribution in [3.63, 3.8) is 0 Å². The van der Waals surface area contributed by atoms with Gasteiger partial charge in [0.25, 0.3) is 5.56 Å². The van der Waals surface area contributed by atoms with Gasteiger partial charge in [0.15, 0.2) is 34.4 Å². The third-order valence-corrected chi connectivity index (χ3v) is 8.05. The third kappa shape index (κ3) is 7.39. The first-order valence-electron chi connectivity index (χ1n) is 14.7. The molecule has 4 rings (SSSR count). The zero-order valence-corrected chi connectivity index (χ0v) is 27.3. The first-order chi connectivity index (χ1) is 21.6. The minimum atomic E-state index is -0.864. The van der Waals surface area contributed by atoms with Crippen LogP contribution in [-0.4, -0.2) is 56.6 Å². The number of rotatable bonds is 13. The summed E-state index contributed by atoms with van der Waals surface area (Å²) >= 11 is 1.21. The van der Waals surface area contributed by atoms with Gasteiger partial charge in [0, 0.05) is 0 Å². The summed E-state index contributed by atoms with van der Waals surface area (Å²) in [4.78, 5) is 44.1. The quantitative estimate of drug-likeness (QED) is 0.256. The molecule has 0 unspecified atom stereocenters. The van der Waals surface area contributed by atoms with E-state index < -0.39 is 18.0 Å². The molecule has 12 heteroatoms. The molecule has 0 saturated heterocycles. The average molecular weight is 639 g/mol. The fourth-order valence-corrected chi connectivity index (χ4v) is 5.75. The number of allylic oxidation sites excluding steroid dienone is 1. The van der Waals surface area contributed by atoms with Gasteiger partial charge in [-0.05, 0) is 75.6 Å². The number of aromatic nitrogens is 1. The molecule has 45 heavy (non-hydrogen) atoms. The molecule has 2 atom stereocenters. The minimum Gasteiger partial charge on any atom is -0.493 e. The third-order valence-electron chi connectivity index (χ3n) is 7.06. The summed E-state index contributed by atoms with van der Waals surface area (Å²) in [7, 11) is 2.84. The van der Waals surface area contributed by atoms with E-state index in [0.717, 1.165) is 12.0 Å². The molecule has 1 aliphatic heterocycles. The van der Waals surface area contributed by atoms with E-state index in [1.165, 1.54) is 23.0 Å². The molecule has 11 nitrogen and oxygen atoms in total. The van der Waals surface area contributed by atoms with Crippen molar-refractivity contribution < 1.29 is 38.0 Å². The standard InChI is InChI=1S/C33H38N2O9S/c1-8-19(4)44-24-13-11-21(15-25(24)39-6)16-27-31(37)35-30(29(32(38)42-10-3)20(5)34-33(35)45-27)22-12-14-23(26(17-22)41-9-2)43-18-28(36)40-7/h11-17,19,30H,8-10,18H2,1-7H3/b27-16-/t19-,30+/m1/s1. The van der Waals surface area contributed by atoms with E-state index in [1.54, 1.807) is 45.2 Å². The maximum atomic E-state index is 14.1. The van der Waals surface area contributed by atoms with Gasteiger partial charge < -0.3 is 28.4 Å². The van der Waals surface area contributed by atoms with Crippen LogP contribution >= 0.6 is 11.3 Å². The Labute approximate surface area is 265 Å². The highest BCUT2D eigenvalue weighted by Crippen LogP contribution is 2.36. The molecular formula is C33H38N2O9S. The summed E-state index contributed by atoms with van der Waals surface area (Å²) in [5, 5.41) is 0. The average Bonchev–Trinajstić information content (AvgIpc) is 3.33. The Kier molecular flexibility index (Phi) is 11.1. The summed E-state index contributed by atoms with van der Waals surface area (Å²) in [5.74, 6) is 0.685. The molecule has 0 fully saturated rings. The van der Waals surface area contributed by atoms with Crippen LogP contribution in [0.25, 0.3) is 6.08 Å². The molecule has 3 aromatic rings. The normalized spacial score (nSPS) is 15.1. The number of nitrogens with zero attached hydrogens (tertiary/aromatic N) is 2. The van der Waals surface area contributed by atoms with Crippen LogP contribution in [0.15, 0.2) is 57.5 Å². The summed E-state index contributed by atoms with van der Waals surface area (Å²) in [6.07, 6.45) is 2.62. The van der Waals surface area contributed by atoms with E-state index in [9.17, 15) is 14.4 Å². The Bertz CT molecular complexity index is 1770. The molecule has 0 aliphatic carbocycles. The largest absolute Gasteiger partial charge is 0.493 e. The van der Waals surface area contributed by atoms with Gasteiger partial charge in [0.05, 0.1) is 55.4 Å². The number of fused-ring (bicyclic) bond motifs is 1. The minimum absolute atomic E-state index is 0.0157. The van der Waals surface area contributed by atoms with Crippen LogP contribution in [0.4, 0.5) is 0 Å². The molecule has 0 radical (unpaired) electrons. The number of methoxy groups -OCH3 is 2. The van der Waals surface area contributed by atoms with Crippen LogP contribution in [0, 0.1) is 0 Å². The van der Waals surface area contributed by atoms with Crippen LogP contribution in [0.1, 0.15) is 58.2 Å². The fraction of sp³-hybridized carbons (Fsp3) is 0.394. The zero-order valence-electron chi connectivity index (χ0n) is 26.5. The van der Waals surface area contributed by atoms with Gasteiger partial charge in [0.2, 0.25) is 0 Å². The Balaban J connectivity index is 1.86. The second kappa shape index (κ2) is 14.9. The maximum absolute atomic E-state index is 14.1. The van der Waals surface area contributed by atoms with Crippen LogP contribution in [0.2, 0.25) is 0 Å². The first kappa shape index (κ1) is 33.3. The Morgan fingerprint density at radius 2 is 1.76 bits per heavy atom. The number of benzene rings is 2. The van der Waals surface area contributed by atoms with Crippen molar-refractivity contribution in [2.45, 2.75) is 53.2 Å². The SMILES string of the molecule is CCOC(=O)C1=C(C)N=c2s/c(=C\c3ccc(O[C@H](C)CC)c(OC)c3)c(=O)n2[C@H]1c1ccc(OCC(=O)OC)c(OCC)c1. The van der Waals surface area contributed by atoms with E-state index in [0.29, 0.717) is 50.2 Å². The van der Waals surface area contributed by atoms with E-state index in [-0.39, 0.29) is 30.5 Å². The maximum Gasteiger partial charge on any atom is 0.343 e. The number of thiazole rings is 1. The van der Waals surface area contributed by atoms with Crippen molar-refractivity contribution in [3.8, 4) is 23.0 Å². The van der Waals surface area contributed by atoms with Crippen molar-refractivity contribution in [3.05, 3.63) is 78.5 Å². The lowest BCUT2D eigenvalue weighted by molar-refractivity contribution is -0.143. The number of hydrogen-bond donors (Lipinski definition) is 0. The smallest absolute Gasteiger partial charge is 0.343 e. The van der Waals surface area contributed by atoms with Gasteiger partial charge in [-0.3, -0.25) is 9.36 Å². The van der Waals surface area contributed by atoms with Crippen molar-refractivity contribution in [1.29, 1.82) is 0 Å². The number of carbonyl (C=O) groups excluding carboxylic acids is 2. The lowest BCUT2D eigenvalue weighted by Gasteiger charge is -2.25. The summed E-state index contributed by atoms with van der Waals surface area (Å²) in [6.45, 7) is 9.41. The van der Waals surface area contributed by atoms with E-state index >= 15 is 0 Å². The van der Waals surface area contributed by atoms with E-state index in [1.807, 2.05) is 39.0 Å². The second-order valence-electron chi connectivity index (χ2n) is 10.1. The zero-order chi connectivity index (χ0) is 32.7. The summed E-state index contributed by atoms with van der Waals surface area (Å²) < 4.78 is 35.0. The number of carbonyl (C=O) groups is 2. The van der Waals surface area contributed by atoms with E-state index in [2.05, 4.69) is 9.73 Å². The highest BCUT2D eigenvalue weighted by molar-refractivity contribution is 7.07. The fourth-order valence-electron chi connectivity index (χ4n) is 4.71. The van der Waals surface area contributed by atoms with Gasteiger partial charge >= 0.3 is 11.9 Å². The lowest BCUT2D eigenvalue weighted by atomic mass is 9.95. The number of hydrogen-bond acceptors (Lipinski definition) is 11. The number of ether oxygens (including phenoxy) is 6. The van der Waals surface area contributed by atoms with Crippen molar-refractivity contribution in [2.75, 3.05) is 34.0 Å². The monoisotopic (exact) mass is 638 g/mol. The molecule has 1 aliphatic rings. The number of esters is 2. The predicted octanol–water partition coefficient (Wildman–Crippen LogP) is 3.93. The Morgan fingerprint density at radius 3 is 2.42 bits per heavy atom. The van der Waals surface area contributed by atoms with Gasteiger partial charge in [-0.2, -0.15) is 0 Å². The molecule has 0 saturated carbocycles. The van der Waals surface area contributed by atoms with Crippen molar-refractivity contribution in [2.24, 2.45) is 4.99 Å². The lowest BCUT2D eigenvalue weighted by Crippen LogP contribution is -2.40. The van der Waals surface area contributed by atoms with Crippen LogP contribution < -0.4 is 33.8 Å². The molecule has 0 spiro atoms. The Morgan fingerprint density at radius 1 is 1.00 bits per heavy atom. The Hall–Kier alpha value is -4.58. The van der Waals surface area contributed by atoms with Gasteiger partial charge in [0.1, 0.15) is 0 Å². The van der Waals surface area contributed by atoms with E-state index in [4.69, 9.17) is 23.7 Å². The van der Waals surface area contributed by atoms with Crippen LogP contribution in [0.3, 0.4) is 0 Å². The topological polar surface area (TPSA) is 124 Å². The molecule has 0 N–H and O–H groups in total. The first-order valence-corrected chi connectivity index (χ1v) is 15.5. The molecule has 1 aromatic heterocycles. The molecule has 2 aromatic carbocycles. The second-order valence-corrected chi connectivity index (χ2v) is 11.1. The summed E-state index contributed by atoms with van der Waals surface area (Å²) in [5.41, 5.74) is 1.64. The van der Waals surface area contributed by atoms with Crippen molar-refractivity contribution >= 4 is 29.4 Å². The highest BCUT2D eigenvalue weighted by atomic mass is 32.1. The van der Waals surface area contributed by atoms with Crippen LogP contribution in [0.5, 0.6) is 23.0 Å². The molecule has 2 heterocycles. The van der Waals surface area contributed by atoms with Gasteiger partial charge in [-0.15, -0.1) is 0 Å². The predicted molar refractivity (Wildman–Crippen MR) is 169 cm³/mol. The molecule has 0 amide bonds. The molecule has 240 valence electrons. The summed E-state index contributed by atoms with van der Waals surface area (Å²) in [6, 6.07) is 9.66. The van der Waals surface area contributed by atoms with Gasteiger partial charge in [-0.25, -0.2) is 14.6 Å². The molecular weight excluding hydrogens is 600 g/mol. The van der Waals surface area contributed by atoms with Crippen LogP contribution in [-0.2, 0) is 19.1 Å².